The minimum Gasteiger partial charge on any atom is -0.465 e. The number of methoxy groups -OCH3 is 3. The van der Waals surface area contributed by atoms with Gasteiger partial charge in [-0.25, -0.2) is 4.79 Å². The number of likely N-dealkylation sites (tertiary alicyclic amines) is 2. The fourth-order valence-electron chi connectivity index (χ4n) is 3.76. The third kappa shape index (κ3) is 6.74. The van der Waals surface area contributed by atoms with E-state index >= 15 is 0 Å². The van der Waals surface area contributed by atoms with Gasteiger partial charge in [-0.2, -0.15) is 0 Å². The molecule has 0 aliphatic carbocycles. The van der Waals surface area contributed by atoms with Crippen molar-refractivity contribution < 1.29 is 23.8 Å². The first-order valence-corrected chi connectivity index (χ1v) is 10.2. The molecule has 7 nitrogen and oxygen atoms in total. The molecule has 0 saturated carbocycles. The number of esters is 1. The molecule has 166 valence electrons. The lowest BCUT2D eigenvalue weighted by Gasteiger charge is -2.14. The van der Waals surface area contributed by atoms with Gasteiger partial charge in [0.25, 0.3) is 0 Å². The van der Waals surface area contributed by atoms with Gasteiger partial charge in [0.15, 0.2) is 0 Å². The third-order valence-electron chi connectivity index (χ3n) is 5.79. The summed E-state index contributed by atoms with van der Waals surface area (Å²) in [4.78, 5) is 26.0. The predicted molar refractivity (Wildman–Crippen MR) is 117 cm³/mol. The number of hydrogen-bond donors (Lipinski definition) is 0. The summed E-state index contributed by atoms with van der Waals surface area (Å²) in [6.45, 7) is 1.84. The number of ether oxygens (including phenoxy) is 3. The number of hydrogen-bond acceptors (Lipinski definition) is 7. The minimum absolute atomic E-state index is 0.0740. The summed E-state index contributed by atoms with van der Waals surface area (Å²) in [6, 6.07) is 7.88. The van der Waals surface area contributed by atoms with E-state index in [1.54, 1.807) is 26.4 Å². The van der Waals surface area contributed by atoms with E-state index in [0.717, 1.165) is 37.8 Å². The largest absolute Gasteiger partial charge is 0.465 e. The number of benzene rings is 1. The van der Waals surface area contributed by atoms with Crippen molar-refractivity contribution in [1.82, 2.24) is 9.80 Å². The van der Waals surface area contributed by atoms with E-state index in [-0.39, 0.29) is 18.1 Å². The fraction of sp³-hybridized carbons (Fsp3) is 0.565. The Morgan fingerprint density at radius 2 is 1.47 bits per heavy atom. The van der Waals surface area contributed by atoms with E-state index in [9.17, 15) is 9.59 Å². The van der Waals surface area contributed by atoms with Crippen LogP contribution >= 0.6 is 0 Å². The van der Waals surface area contributed by atoms with Gasteiger partial charge in [-0.1, -0.05) is 24.3 Å². The minimum atomic E-state index is -0.306. The molecule has 0 radical (unpaired) electrons. The molecule has 3 rings (SSSR count). The quantitative estimate of drug-likeness (QED) is 0.518. The molecule has 0 aromatic heterocycles. The molecule has 4 atom stereocenters. The predicted octanol–water partition coefficient (Wildman–Crippen LogP) is 2.11. The highest BCUT2D eigenvalue weighted by atomic mass is 16.5. The molecule has 2 saturated heterocycles. The van der Waals surface area contributed by atoms with Crippen molar-refractivity contribution in [2.24, 2.45) is 0 Å². The zero-order chi connectivity index (χ0) is 22.1. The summed E-state index contributed by atoms with van der Waals surface area (Å²) in [5.74, 6) is -0.306. The van der Waals surface area contributed by atoms with Crippen molar-refractivity contribution in [3.63, 3.8) is 0 Å². The number of nitrogens with zero attached hydrogens (tertiary/aromatic N) is 2. The van der Waals surface area contributed by atoms with Gasteiger partial charge in [-0.05, 0) is 44.6 Å². The van der Waals surface area contributed by atoms with Crippen molar-refractivity contribution in [3.8, 4) is 0 Å². The summed E-state index contributed by atoms with van der Waals surface area (Å²) in [5, 5.41) is 0. The average molecular weight is 419 g/mol. The summed E-state index contributed by atoms with van der Waals surface area (Å²) in [6.07, 6.45) is 7.68. The monoisotopic (exact) mass is 418 g/mol. The van der Waals surface area contributed by atoms with E-state index in [0.29, 0.717) is 17.7 Å². The summed E-state index contributed by atoms with van der Waals surface area (Å²) < 4.78 is 15.2. The Hall–Kier alpha value is -2.06. The van der Waals surface area contributed by atoms with E-state index in [2.05, 4.69) is 28.8 Å². The zero-order valence-corrected chi connectivity index (χ0v) is 18.6. The van der Waals surface area contributed by atoms with Crippen LogP contribution in [-0.4, -0.2) is 94.9 Å². The van der Waals surface area contributed by atoms with Crippen LogP contribution in [0.5, 0.6) is 0 Å². The van der Waals surface area contributed by atoms with Gasteiger partial charge in [0, 0.05) is 33.4 Å². The molecule has 2 aliphatic rings. The molecule has 1 aromatic carbocycles. The molecule has 0 spiro atoms. The van der Waals surface area contributed by atoms with Gasteiger partial charge in [-0.3, -0.25) is 9.80 Å². The molecule has 2 aliphatic heterocycles. The zero-order valence-electron chi connectivity index (χ0n) is 18.6. The summed E-state index contributed by atoms with van der Waals surface area (Å²) in [5.41, 5.74) is 1.65. The van der Waals surface area contributed by atoms with Crippen molar-refractivity contribution in [2.75, 3.05) is 48.5 Å². The van der Waals surface area contributed by atoms with Crippen molar-refractivity contribution in [3.05, 3.63) is 41.5 Å². The molecule has 0 bridgehead atoms. The lowest BCUT2D eigenvalue weighted by molar-refractivity contribution is -0.111. The van der Waals surface area contributed by atoms with E-state index in [1.807, 2.05) is 24.1 Å². The normalized spacial score (nSPS) is 27.1. The Labute approximate surface area is 179 Å². The number of rotatable bonds is 6. The second-order valence-corrected chi connectivity index (χ2v) is 7.81. The highest BCUT2D eigenvalue weighted by Gasteiger charge is 2.28. The SMILES string of the molecule is COC(=O)c1ccc(/C=C/[C@@H]2C[C@@H](OC)CN2C)cc1.CO[C@@H]1C[C@@H](C=O)N(C)C1. The molecule has 0 unspecified atom stereocenters. The fourth-order valence-corrected chi connectivity index (χ4v) is 3.76. The van der Waals surface area contributed by atoms with Gasteiger partial charge in [0.05, 0.1) is 30.9 Å². The molecule has 1 aromatic rings. The Bertz CT molecular complexity index is 706. The first-order valence-electron chi connectivity index (χ1n) is 10.2. The van der Waals surface area contributed by atoms with Crippen molar-refractivity contribution in [2.45, 2.75) is 37.1 Å². The number of likely N-dealkylation sites (N-methyl/N-ethyl adjacent to an activating group) is 2. The van der Waals surface area contributed by atoms with Gasteiger partial charge in [0.2, 0.25) is 0 Å². The summed E-state index contributed by atoms with van der Waals surface area (Å²) >= 11 is 0. The van der Waals surface area contributed by atoms with E-state index in [4.69, 9.17) is 9.47 Å². The number of aldehydes is 1. The van der Waals surface area contributed by atoms with Crippen LogP contribution in [0.2, 0.25) is 0 Å². The molecule has 30 heavy (non-hydrogen) atoms. The Morgan fingerprint density at radius 1 is 0.933 bits per heavy atom. The van der Waals surface area contributed by atoms with Crippen molar-refractivity contribution >= 4 is 18.3 Å². The highest BCUT2D eigenvalue weighted by molar-refractivity contribution is 5.89. The first-order chi connectivity index (χ1) is 14.4. The number of carbonyl (C=O) groups is 2. The molecule has 2 heterocycles. The molecule has 0 N–H and O–H groups in total. The van der Waals surface area contributed by atoms with Crippen LogP contribution in [0.3, 0.4) is 0 Å². The third-order valence-corrected chi connectivity index (χ3v) is 5.79. The Kier molecular flexibility index (Phi) is 9.65. The topological polar surface area (TPSA) is 68.3 Å². The average Bonchev–Trinajstić information content (AvgIpc) is 3.33. The second-order valence-electron chi connectivity index (χ2n) is 7.81. The smallest absolute Gasteiger partial charge is 0.337 e. The standard InChI is InChI=1S/C16H21NO3.C7H13NO2/c1-17-11-15(19-2)10-14(17)9-6-12-4-7-13(8-5-12)16(18)20-3;1-8-4-7(10-2)3-6(8)5-9/h4-9,14-15H,10-11H2,1-3H3;5-7H,3-4H2,1-2H3/b9-6+;/t14-,15-;6-,7+/m10/s1. The van der Waals surface area contributed by atoms with Gasteiger partial charge in [-0.15, -0.1) is 0 Å². The van der Waals surface area contributed by atoms with Crippen LogP contribution in [0, 0.1) is 0 Å². The van der Waals surface area contributed by atoms with Gasteiger partial charge >= 0.3 is 5.97 Å². The lowest BCUT2D eigenvalue weighted by Crippen LogP contribution is -2.26. The Balaban J connectivity index is 0.000000269. The molecule has 7 heteroatoms. The van der Waals surface area contributed by atoms with Crippen LogP contribution in [0.1, 0.15) is 28.8 Å². The molecule has 2 fully saturated rings. The number of carbonyl (C=O) groups excluding carboxylic acids is 2. The van der Waals surface area contributed by atoms with Gasteiger partial charge in [0.1, 0.15) is 6.29 Å². The van der Waals surface area contributed by atoms with Crippen LogP contribution in [-0.2, 0) is 19.0 Å². The molecular formula is C23H34N2O5. The first kappa shape index (κ1) is 24.2. The summed E-state index contributed by atoms with van der Waals surface area (Å²) in [7, 11) is 8.88. The van der Waals surface area contributed by atoms with Crippen LogP contribution < -0.4 is 0 Å². The van der Waals surface area contributed by atoms with Crippen LogP contribution in [0.15, 0.2) is 30.3 Å². The van der Waals surface area contributed by atoms with Crippen LogP contribution in [0.4, 0.5) is 0 Å². The Morgan fingerprint density at radius 3 is 1.90 bits per heavy atom. The maximum absolute atomic E-state index is 11.3. The molecule has 0 amide bonds. The highest BCUT2D eigenvalue weighted by Crippen LogP contribution is 2.20. The van der Waals surface area contributed by atoms with E-state index < -0.39 is 0 Å². The van der Waals surface area contributed by atoms with Crippen molar-refractivity contribution in [1.29, 1.82) is 0 Å². The van der Waals surface area contributed by atoms with Crippen LogP contribution in [0.25, 0.3) is 6.08 Å². The van der Waals surface area contributed by atoms with Gasteiger partial charge < -0.3 is 19.0 Å². The lowest BCUT2D eigenvalue weighted by atomic mass is 10.1. The van der Waals surface area contributed by atoms with E-state index in [1.165, 1.54) is 7.11 Å². The second kappa shape index (κ2) is 12.0. The molecular weight excluding hydrogens is 384 g/mol. The maximum atomic E-state index is 11.3. The maximum Gasteiger partial charge on any atom is 0.337 e.